The number of nitrogens with zero attached hydrogens (tertiary/aromatic N) is 1. The maximum Gasteiger partial charge on any atom is 0.313 e. The Bertz CT molecular complexity index is 839. The molecule has 150 valence electrons. The smallest absolute Gasteiger partial charge is 0.313 e. The number of quaternary nitrogens is 1. The lowest BCUT2D eigenvalue weighted by atomic mass is 10.1. The number of nitrogens with one attached hydrogen (secondary N) is 3. The van der Waals surface area contributed by atoms with Gasteiger partial charge in [0.1, 0.15) is 17.7 Å². The zero-order valence-electron chi connectivity index (χ0n) is 16.3. The number of amides is 2. The highest BCUT2D eigenvalue weighted by molar-refractivity contribution is 6.39. The van der Waals surface area contributed by atoms with Crippen LogP contribution in [0.4, 0.5) is 20.2 Å². The summed E-state index contributed by atoms with van der Waals surface area (Å²) < 4.78 is 26.5. The first-order valence-corrected chi connectivity index (χ1v) is 8.80. The molecule has 1 atom stereocenters. The van der Waals surface area contributed by atoms with Crippen LogP contribution in [0.1, 0.15) is 11.6 Å². The van der Waals surface area contributed by atoms with Gasteiger partial charge in [0, 0.05) is 31.4 Å². The summed E-state index contributed by atoms with van der Waals surface area (Å²) in [5.74, 6) is -3.62. The molecule has 6 nitrogen and oxygen atoms in total. The molecule has 0 radical (unpaired) electrons. The summed E-state index contributed by atoms with van der Waals surface area (Å²) in [7, 11) is 7.80. The molecule has 0 aliphatic rings. The number of carbonyl (C=O) groups excluding carboxylic acids is 2. The number of halogens is 2. The summed E-state index contributed by atoms with van der Waals surface area (Å²) in [5.41, 5.74) is 1.81. The number of anilines is 2. The van der Waals surface area contributed by atoms with Crippen LogP contribution in [-0.4, -0.2) is 46.5 Å². The van der Waals surface area contributed by atoms with E-state index < -0.39 is 23.4 Å². The number of hydrogen-bond donors (Lipinski definition) is 3. The maximum absolute atomic E-state index is 13.6. The van der Waals surface area contributed by atoms with E-state index in [2.05, 4.69) is 10.6 Å². The fourth-order valence-electron chi connectivity index (χ4n) is 2.71. The van der Waals surface area contributed by atoms with Crippen molar-refractivity contribution in [3.63, 3.8) is 0 Å². The van der Waals surface area contributed by atoms with Crippen LogP contribution in [0.2, 0.25) is 0 Å². The van der Waals surface area contributed by atoms with Crippen LogP contribution < -0.4 is 20.4 Å². The molecular formula is C20H25F2N4O2+. The lowest BCUT2D eigenvalue weighted by molar-refractivity contribution is -0.890. The van der Waals surface area contributed by atoms with Gasteiger partial charge in [-0.15, -0.1) is 0 Å². The van der Waals surface area contributed by atoms with E-state index in [4.69, 9.17) is 0 Å². The highest BCUT2D eigenvalue weighted by Gasteiger charge is 2.22. The molecule has 0 heterocycles. The Hall–Kier alpha value is -3.00. The van der Waals surface area contributed by atoms with E-state index in [1.807, 2.05) is 57.4 Å². The van der Waals surface area contributed by atoms with Gasteiger partial charge in [-0.3, -0.25) is 9.59 Å². The molecule has 2 aromatic carbocycles. The van der Waals surface area contributed by atoms with Crippen molar-refractivity contribution >= 4 is 23.2 Å². The third kappa shape index (κ3) is 5.50. The van der Waals surface area contributed by atoms with Gasteiger partial charge in [0.15, 0.2) is 0 Å². The molecular weight excluding hydrogens is 366 g/mol. The van der Waals surface area contributed by atoms with Crippen molar-refractivity contribution in [3.05, 3.63) is 59.7 Å². The molecule has 0 aliphatic heterocycles. The van der Waals surface area contributed by atoms with Crippen molar-refractivity contribution in [2.45, 2.75) is 6.04 Å². The Morgan fingerprint density at radius 3 is 2.21 bits per heavy atom. The third-order valence-electron chi connectivity index (χ3n) is 4.36. The van der Waals surface area contributed by atoms with Crippen molar-refractivity contribution in [2.24, 2.45) is 0 Å². The molecule has 28 heavy (non-hydrogen) atoms. The molecule has 0 spiro atoms. The van der Waals surface area contributed by atoms with Crippen LogP contribution in [0.5, 0.6) is 0 Å². The normalized spacial score (nSPS) is 11.8. The summed E-state index contributed by atoms with van der Waals surface area (Å²) >= 11 is 0. The van der Waals surface area contributed by atoms with Gasteiger partial charge in [0.2, 0.25) is 0 Å². The van der Waals surface area contributed by atoms with Crippen LogP contribution >= 0.6 is 0 Å². The maximum atomic E-state index is 13.6. The van der Waals surface area contributed by atoms with E-state index in [1.54, 1.807) is 0 Å². The second-order valence-corrected chi connectivity index (χ2v) is 6.90. The van der Waals surface area contributed by atoms with Gasteiger partial charge in [-0.25, -0.2) is 8.78 Å². The largest absolute Gasteiger partial charge is 0.378 e. The van der Waals surface area contributed by atoms with Crippen LogP contribution in [0, 0.1) is 11.6 Å². The first-order valence-electron chi connectivity index (χ1n) is 8.80. The van der Waals surface area contributed by atoms with Crippen LogP contribution in [-0.2, 0) is 9.59 Å². The van der Waals surface area contributed by atoms with Crippen molar-refractivity contribution in [3.8, 4) is 0 Å². The second kappa shape index (κ2) is 9.27. The van der Waals surface area contributed by atoms with Crippen molar-refractivity contribution < 1.29 is 23.3 Å². The fraction of sp³-hybridized carbons (Fsp3) is 0.300. The molecule has 0 saturated carbocycles. The standard InChI is InChI=1S/C20H24F2N4O2/c1-25(2)15-8-5-13(6-9-15)18(26(3)4)12-23-19(27)20(28)24-17-10-7-14(21)11-16(17)22/h5-11,18H,12H2,1-4H3,(H,23,27)(H,24,28)/p+1/t18-/m0/s1. The molecule has 2 rings (SSSR count). The molecule has 0 aromatic heterocycles. The van der Waals surface area contributed by atoms with Crippen LogP contribution in [0.3, 0.4) is 0 Å². The van der Waals surface area contributed by atoms with Gasteiger partial charge in [0.05, 0.1) is 26.3 Å². The minimum Gasteiger partial charge on any atom is -0.378 e. The molecule has 2 aromatic rings. The van der Waals surface area contributed by atoms with Gasteiger partial charge in [-0.05, 0) is 24.3 Å². The lowest BCUT2D eigenvalue weighted by Gasteiger charge is -2.23. The molecule has 0 bridgehead atoms. The molecule has 3 N–H and O–H groups in total. The van der Waals surface area contributed by atoms with Crippen LogP contribution in [0.25, 0.3) is 0 Å². The Kier molecular flexibility index (Phi) is 7.06. The number of carbonyl (C=O) groups is 2. The minimum atomic E-state index is -1.01. The second-order valence-electron chi connectivity index (χ2n) is 6.90. The Morgan fingerprint density at radius 2 is 1.68 bits per heavy atom. The van der Waals surface area contributed by atoms with E-state index in [-0.39, 0.29) is 18.3 Å². The van der Waals surface area contributed by atoms with Crippen molar-refractivity contribution in [1.82, 2.24) is 5.32 Å². The number of rotatable bonds is 6. The Balaban J connectivity index is 2.00. The Morgan fingerprint density at radius 1 is 1.04 bits per heavy atom. The first kappa shape index (κ1) is 21.3. The van der Waals surface area contributed by atoms with Crippen LogP contribution in [0.15, 0.2) is 42.5 Å². The van der Waals surface area contributed by atoms with E-state index in [0.29, 0.717) is 6.07 Å². The molecule has 2 amide bonds. The molecule has 0 aliphatic carbocycles. The van der Waals surface area contributed by atoms with E-state index >= 15 is 0 Å². The minimum absolute atomic E-state index is 0.0736. The summed E-state index contributed by atoms with van der Waals surface area (Å²) in [6.07, 6.45) is 0. The highest BCUT2D eigenvalue weighted by Crippen LogP contribution is 2.16. The van der Waals surface area contributed by atoms with Gasteiger partial charge >= 0.3 is 11.8 Å². The first-order chi connectivity index (χ1) is 13.2. The molecule has 0 saturated heterocycles. The average molecular weight is 391 g/mol. The molecule has 8 heteroatoms. The van der Waals surface area contributed by atoms with Crippen molar-refractivity contribution in [1.29, 1.82) is 0 Å². The molecule has 0 fully saturated rings. The SMILES string of the molecule is CN(C)c1ccc([C@H](CNC(=O)C(=O)Nc2ccc(F)cc2F)[NH+](C)C)cc1. The highest BCUT2D eigenvalue weighted by atomic mass is 19.1. The van der Waals surface area contributed by atoms with Gasteiger partial charge in [-0.1, -0.05) is 12.1 Å². The number of benzene rings is 2. The van der Waals surface area contributed by atoms with Gasteiger partial charge in [0.25, 0.3) is 0 Å². The average Bonchev–Trinajstić information content (AvgIpc) is 2.64. The fourth-order valence-corrected chi connectivity index (χ4v) is 2.71. The summed E-state index contributed by atoms with van der Waals surface area (Å²) in [6.45, 7) is 0.224. The molecule has 0 unspecified atom stereocenters. The number of hydrogen-bond acceptors (Lipinski definition) is 3. The monoisotopic (exact) mass is 391 g/mol. The van der Waals surface area contributed by atoms with Gasteiger partial charge < -0.3 is 20.4 Å². The summed E-state index contributed by atoms with van der Waals surface area (Å²) in [5, 5.41) is 4.72. The summed E-state index contributed by atoms with van der Waals surface area (Å²) in [4.78, 5) is 27.1. The zero-order valence-corrected chi connectivity index (χ0v) is 16.3. The quantitative estimate of drug-likeness (QED) is 0.643. The van der Waals surface area contributed by atoms with Gasteiger partial charge in [-0.2, -0.15) is 0 Å². The number of likely N-dealkylation sites (N-methyl/N-ethyl adjacent to an activating group) is 1. The Labute approximate surface area is 163 Å². The van der Waals surface area contributed by atoms with E-state index in [0.717, 1.165) is 28.3 Å². The summed E-state index contributed by atoms with van der Waals surface area (Å²) in [6, 6.07) is 10.6. The van der Waals surface area contributed by atoms with E-state index in [1.165, 1.54) is 0 Å². The lowest BCUT2D eigenvalue weighted by Crippen LogP contribution is -3.07. The topological polar surface area (TPSA) is 65.9 Å². The predicted octanol–water partition coefficient (Wildman–Crippen LogP) is 0.971. The zero-order chi connectivity index (χ0) is 20.8. The third-order valence-corrected chi connectivity index (χ3v) is 4.36. The predicted molar refractivity (Wildman–Crippen MR) is 104 cm³/mol. The van der Waals surface area contributed by atoms with E-state index in [9.17, 15) is 18.4 Å². The van der Waals surface area contributed by atoms with Crippen molar-refractivity contribution in [2.75, 3.05) is 45.0 Å².